The molecule has 8 nitrogen and oxygen atoms in total. The maximum Gasteiger partial charge on any atom is 0.287 e. The van der Waals surface area contributed by atoms with Gasteiger partial charge in [0.1, 0.15) is 10.7 Å². The zero-order chi connectivity index (χ0) is 19.6. The van der Waals surface area contributed by atoms with Gasteiger partial charge in [-0.05, 0) is 17.7 Å². The molecule has 1 atom stereocenters. The summed E-state index contributed by atoms with van der Waals surface area (Å²) in [6.45, 7) is 0.221. The van der Waals surface area contributed by atoms with E-state index in [1.807, 2.05) is 30.3 Å². The number of para-hydroxylation sites is 1. The summed E-state index contributed by atoms with van der Waals surface area (Å²) < 4.78 is 28.2. The Morgan fingerprint density at radius 2 is 1.82 bits per heavy atom. The molecule has 2 aromatic carbocycles. The molecule has 1 unspecified atom stereocenters. The summed E-state index contributed by atoms with van der Waals surface area (Å²) in [4.78, 5) is 20.0. The average molecular weight is 395 g/mol. The van der Waals surface area contributed by atoms with Gasteiger partial charge in [-0.25, -0.2) is 4.98 Å². The number of aromatic nitrogens is 2. The number of anilines is 1. The fourth-order valence-corrected chi connectivity index (χ4v) is 4.13. The molecule has 0 fully saturated rings. The van der Waals surface area contributed by atoms with Gasteiger partial charge in [0.05, 0.1) is 11.6 Å². The van der Waals surface area contributed by atoms with E-state index in [0.29, 0.717) is 11.5 Å². The Hall–Kier alpha value is -3.46. The summed E-state index contributed by atoms with van der Waals surface area (Å²) >= 11 is 0. The molecule has 3 N–H and O–H groups in total. The number of amides is 1. The van der Waals surface area contributed by atoms with E-state index in [1.165, 1.54) is 6.07 Å². The molecule has 1 aromatic heterocycles. The lowest BCUT2D eigenvalue weighted by Gasteiger charge is -2.19. The third kappa shape index (κ3) is 3.52. The average Bonchev–Trinajstić information content (AvgIpc) is 3.23. The number of sulfonamides is 1. The smallest absolute Gasteiger partial charge is 0.287 e. The zero-order valence-electron chi connectivity index (χ0n) is 14.7. The molecule has 2 heterocycles. The number of hydrogen-bond acceptors (Lipinski definition) is 5. The molecule has 28 heavy (non-hydrogen) atoms. The molecule has 4 rings (SSSR count). The molecule has 9 heteroatoms. The Kier molecular flexibility index (Phi) is 4.66. The third-order valence-electron chi connectivity index (χ3n) is 4.36. The Labute approximate surface area is 161 Å². The minimum absolute atomic E-state index is 0.0456. The molecule has 0 saturated carbocycles. The van der Waals surface area contributed by atoms with Crippen LogP contribution in [0.1, 0.15) is 17.3 Å². The van der Waals surface area contributed by atoms with Crippen LogP contribution < -0.4 is 10.6 Å². The maximum atomic E-state index is 12.6. The highest BCUT2D eigenvalue weighted by atomic mass is 32.2. The minimum atomic E-state index is -3.92. The first-order chi connectivity index (χ1) is 13.5. The monoisotopic (exact) mass is 395 g/mol. The molecule has 0 radical (unpaired) electrons. The van der Waals surface area contributed by atoms with Crippen molar-refractivity contribution < 1.29 is 13.2 Å². The van der Waals surface area contributed by atoms with Crippen molar-refractivity contribution in [3.8, 4) is 0 Å². The number of benzene rings is 2. The first kappa shape index (κ1) is 17.9. The SMILES string of the molecule is O=C(NCC(c1ccccc1)c1ncc[nH]1)C1=NS(=O)(=O)c2ccccc2N1. The number of carbonyl (C=O) groups is 1. The third-order valence-corrected chi connectivity index (χ3v) is 5.70. The highest BCUT2D eigenvalue weighted by Crippen LogP contribution is 2.26. The van der Waals surface area contributed by atoms with Crippen LogP contribution in [0.3, 0.4) is 0 Å². The zero-order valence-corrected chi connectivity index (χ0v) is 15.5. The second kappa shape index (κ2) is 7.28. The van der Waals surface area contributed by atoms with E-state index in [2.05, 4.69) is 25.0 Å². The maximum absolute atomic E-state index is 12.6. The molecule has 1 aliphatic rings. The van der Waals surface area contributed by atoms with Crippen LogP contribution in [-0.2, 0) is 14.8 Å². The van der Waals surface area contributed by atoms with Crippen molar-refractivity contribution in [3.63, 3.8) is 0 Å². The Bertz CT molecular complexity index is 1130. The van der Waals surface area contributed by atoms with Gasteiger partial charge in [-0.2, -0.15) is 8.42 Å². The van der Waals surface area contributed by atoms with E-state index in [0.717, 1.165) is 5.56 Å². The molecule has 0 aliphatic carbocycles. The molecule has 142 valence electrons. The summed E-state index contributed by atoms with van der Waals surface area (Å²) in [5.41, 5.74) is 1.29. The quantitative estimate of drug-likeness (QED) is 0.610. The summed E-state index contributed by atoms with van der Waals surface area (Å²) in [7, 11) is -3.92. The topological polar surface area (TPSA) is 116 Å². The van der Waals surface area contributed by atoms with E-state index in [9.17, 15) is 13.2 Å². The van der Waals surface area contributed by atoms with Crippen molar-refractivity contribution in [1.29, 1.82) is 0 Å². The Balaban J connectivity index is 1.54. The molecule has 3 aromatic rings. The van der Waals surface area contributed by atoms with E-state index in [4.69, 9.17) is 0 Å². The minimum Gasteiger partial charge on any atom is -0.348 e. The number of amidine groups is 1. The van der Waals surface area contributed by atoms with E-state index in [1.54, 1.807) is 30.6 Å². The Morgan fingerprint density at radius 3 is 2.57 bits per heavy atom. The first-order valence-corrected chi connectivity index (χ1v) is 10.0. The van der Waals surface area contributed by atoms with Crippen molar-refractivity contribution in [3.05, 3.63) is 78.4 Å². The van der Waals surface area contributed by atoms with Gasteiger partial charge < -0.3 is 15.6 Å². The number of nitrogens with zero attached hydrogens (tertiary/aromatic N) is 2. The van der Waals surface area contributed by atoms with E-state index < -0.39 is 15.9 Å². The summed E-state index contributed by atoms with van der Waals surface area (Å²) in [5, 5.41) is 5.54. The van der Waals surface area contributed by atoms with Crippen molar-refractivity contribution >= 4 is 27.5 Å². The predicted molar refractivity (Wildman–Crippen MR) is 105 cm³/mol. The number of fused-ring (bicyclic) bond motifs is 1. The lowest BCUT2D eigenvalue weighted by Crippen LogP contribution is -2.40. The van der Waals surface area contributed by atoms with Crippen LogP contribution >= 0.6 is 0 Å². The standard InChI is InChI=1S/C19H17N5O3S/c25-19(18-23-15-8-4-5-9-16(15)28(26,27)24-18)22-12-14(17-20-10-11-21-17)13-6-2-1-3-7-13/h1-11,14H,12H2,(H,20,21)(H,22,25)(H,23,24). The molecule has 0 spiro atoms. The van der Waals surface area contributed by atoms with Crippen LogP contribution in [0.25, 0.3) is 0 Å². The van der Waals surface area contributed by atoms with Crippen molar-refractivity contribution in [1.82, 2.24) is 15.3 Å². The fraction of sp³-hybridized carbons (Fsp3) is 0.105. The van der Waals surface area contributed by atoms with E-state index >= 15 is 0 Å². The van der Waals surface area contributed by atoms with Gasteiger partial charge in [-0.15, -0.1) is 4.40 Å². The number of H-pyrrole nitrogens is 1. The number of imidazole rings is 1. The van der Waals surface area contributed by atoms with Crippen LogP contribution in [0.5, 0.6) is 0 Å². The normalized spacial score (nSPS) is 15.6. The number of aromatic amines is 1. The second-order valence-corrected chi connectivity index (χ2v) is 7.76. The lowest BCUT2D eigenvalue weighted by molar-refractivity contribution is -0.114. The molecule has 1 amide bonds. The molecule has 0 saturated heterocycles. The highest BCUT2D eigenvalue weighted by molar-refractivity contribution is 7.90. The first-order valence-electron chi connectivity index (χ1n) is 8.58. The number of rotatable bonds is 5. The van der Waals surface area contributed by atoms with Crippen LogP contribution in [0.2, 0.25) is 0 Å². The van der Waals surface area contributed by atoms with Gasteiger partial charge in [0.2, 0.25) is 5.84 Å². The number of nitrogens with one attached hydrogen (secondary N) is 3. The van der Waals surface area contributed by atoms with Gasteiger partial charge in [0.25, 0.3) is 15.9 Å². The van der Waals surface area contributed by atoms with Gasteiger partial charge in [0, 0.05) is 18.9 Å². The summed E-state index contributed by atoms with van der Waals surface area (Å²) in [5.74, 6) is -0.383. The van der Waals surface area contributed by atoms with Gasteiger partial charge >= 0.3 is 0 Å². The van der Waals surface area contributed by atoms with Crippen molar-refractivity contribution in [2.45, 2.75) is 10.8 Å². The van der Waals surface area contributed by atoms with Crippen LogP contribution in [0.15, 0.2) is 76.3 Å². The number of hydrogen-bond donors (Lipinski definition) is 3. The molecule has 1 aliphatic heterocycles. The van der Waals surface area contributed by atoms with Gasteiger partial charge in [0.15, 0.2) is 0 Å². The van der Waals surface area contributed by atoms with Gasteiger partial charge in [-0.1, -0.05) is 42.5 Å². The molecular formula is C19H17N5O3S. The number of carbonyl (C=O) groups excluding carboxylic acids is 1. The second-order valence-electron chi connectivity index (χ2n) is 6.18. The Morgan fingerprint density at radius 1 is 1.07 bits per heavy atom. The van der Waals surface area contributed by atoms with Gasteiger partial charge in [-0.3, -0.25) is 4.79 Å². The van der Waals surface area contributed by atoms with Crippen molar-refractivity contribution in [2.24, 2.45) is 4.40 Å². The van der Waals surface area contributed by atoms with E-state index in [-0.39, 0.29) is 23.2 Å². The fourth-order valence-electron chi connectivity index (χ4n) is 3.02. The molecular weight excluding hydrogens is 378 g/mol. The lowest BCUT2D eigenvalue weighted by atomic mass is 9.98. The summed E-state index contributed by atoms with van der Waals surface area (Å²) in [6.07, 6.45) is 3.35. The molecule has 0 bridgehead atoms. The highest BCUT2D eigenvalue weighted by Gasteiger charge is 2.28. The largest absolute Gasteiger partial charge is 0.348 e. The van der Waals surface area contributed by atoms with Crippen LogP contribution in [-0.4, -0.2) is 36.7 Å². The summed E-state index contributed by atoms with van der Waals surface area (Å²) in [6, 6.07) is 15.9. The van der Waals surface area contributed by atoms with Crippen LogP contribution in [0, 0.1) is 0 Å². The van der Waals surface area contributed by atoms with Crippen molar-refractivity contribution in [2.75, 3.05) is 11.9 Å². The predicted octanol–water partition coefficient (Wildman–Crippen LogP) is 1.87. The van der Waals surface area contributed by atoms with Crippen LogP contribution in [0.4, 0.5) is 5.69 Å².